The number of carbonyl (C=O) groups is 3. The molecule has 11 nitrogen and oxygen atoms in total. The van der Waals surface area contributed by atoms with Crippen LogP contribution in [0.15, 0.2) is 42.6 Å². The quantitative estimate of drug-likeness (QED) is 0.399. The fourth-order valence-corrected chi connectivity index (χ4v) is 3.48. The molecule has 0 saturated carbocycles. The standard InChI is InChI=1S/C24H26ClFN6O5/c1-14-7-8-18(17(26)10-14)29-23(34)19-11-20(25)32(30-19)15(2)37-24(35)31(4)22-16(6-5-9-28-22)13-36-21(33)12-27-3/h5-11,15,27H,12-13H2,1-4H3,(H,29,34). The van der Waals surface area contributed by atoms with Crippen LogP contribution in [-0.4, -0.2) is 53.4 Å². The first-order valence-corrected chi connectivity index (χ1v) is 11.5. The van der Waals surface area contributed by atoms with Crippen LogP contribution in [0.4, 0.5) is 20.7 Å². The minimum absolute atomic E-state index is 0.00910. The topological polar surface area (TPSA) is 128 Å². The smallest absolute Gasteiger partial charge is 0.417 e. The van der Waals surface area contributed by atoms with Gasteiger partial charge in [0.1, 0.15) is 23.4 Å². The maximum atomic E-state index is 14.1. The van der Waals surface area contributed by atoms with E-state index in [1.165, 1.54) is 38.4 Å². The Labute approximate surface area is 217 Å². The average Bonchev–Trinajstić information content (AvgIpc) is 3.26. The maximum absolute atomic E-state index is 14.1. The Kier molecular flexibility index (Phi) is 9.15. The van der Waals surface area contributed by atoms with Crippen LogP contribution in [-0.2, 0) is 20.9 Å². The van der Waals surface area contributed by atoms with Crippen molar-refractivity contribution in [2.45, 2.75) is 26.7 Å². The van der Waals surface area contributed by atoms with E-state index in [9.17, 15) is 18.8 Å². The fourth-order valence-electron chi connectivity index (χ4n) is 3.21. The lowest BCUT2D eigenvalue weighted by Gasteiger charge is -2.22. The first kappa shape index (κ1) is 27.6. The third kappa shape index (κ3) is 7.02. The van der Waals surface area contributed by atoms with Crippen LogP contribution in [0.1, 0.15) is 34.8 Å². The summed E-state index contributed by atoms with van der Waals surface area (Å²) < 4.78 is 25.8. The Hall–Kier alpha value is -4.03. The van der Waals surface area contributed by atoms with Crippen molar-refractivity contribution in [3.63, 3.8) is 0 Å². The number of nitrogens with zero attached hydrogens (tertiary/aromatic N) is 4. The lowest BCUT2D eigenvalue weighted by atomic mass is 10.2. The van der Waals surface area contributed by atoms with Crippen LogP contribution >= 0.6 is 11.6 Å². The Morgan fingerprint density at radius 3 is 2.70 bits per heavy atom. The van der Waals surface area contributed by atoms with Crippen molar-refractivity contribution >= 4 is 41.1 Å². The van der Waals surface area contributed by atoms with Gasteiger partial charge in [-0.1, -0.05) is 23.7 Å². The van der Waals surface area contributed by atoms with Crippen molar-refractivity contribution in [1.82, 2.24) is 20.1 Å². The number of aromatic nitrogens is 3. The van der Waals surface area contributed by atoms with Crippen molar-refractivity contribution in [3.05, 3.63) is 70.4 Å². The highest BCUT2D eigenvalue weighted by Crippen LogP contribution is 2.23. The van der Waals surface area contributed by atoms with Crippen molar-refractivity contribution < 1.29 is 28.2 Å². The molecular weight excluding hydrogens is 507 g/mol. The first-order valence-electron chi connectivity index (χ1n) is 11.1. The summed E-state index contributed by atoms with van der Waals surface area (Å²) in [5, 5.41) is 9.24. The average molecular weight is 533 g/mol. The number of hydrogen-bond donors (Lipinski definition) is 2. The molecule has 2 heterocycles. The van der Waals surface area contributed by atoms with Gasteiger partial charge in [0, 0.05) is 24.9 Å². The predicted molar refractivity (Wildman–Crippen MR) is 134 cm³/mol. The molecule has 0 aliphatic heterocycles. The Morgan fingerprint density at radius 2 is 2.00 bits per heavy atom. The first-order chi connectivity index (χ1) is 17.6. The van der Waals surface area contributed by atoms with Gasteiger partial charge in [0.15, 0.2) is 11.9 Å². The van der Waals surface area contributed by atoms with E-state index in [-0.39, 0.29) is 35.5 Å². The molecule has 1 aromatic carbocycles. The Bertz CT molecular complexity index is 1300. The van der Waals surface area contributed by atoms with Crippen molar-refractivity contribution in [3.8, 4) is 0 Å². The molecule has 1 atom stereocenters. The van der Waals surface area contributed by atoms with E-state index in [2.05, 4.69) is 20.7 Å². The van der Waals surface area contributed by atoms with Crippen LogP contribution in [0, 0.1) is 12.7 Å². The number of pyridine rings is 1. The summed E-state index contributed by atoms with van der Waals surface area (Å²) >= 11 is 6.22. The van der Waals surface area contributed by atoms with Gasteiger partial charge < -0.3 is 20.1 Å². The number of esters is 1. The Morgan fingerprint density at radius 1 is 1.24 bits per heavy atom. The number of halogens is 2. The van der Waals surface area contributed by atoms with Gasteiger partial charge in [-0.3, -0.25) is 14.5 Å². The van der Waals surface area contributed by atoms with Crippen molar-refractivity contribution in [1.29, 1.82) is 0 Å². The number of likely N-dealkylation sites (N-methyl/N-ethyl adjacent to an activating group) is 1. The molecule has 0 bridgehead atoms. The number of amides is 2. The van der Waals surface area contributed by atoms with Crippen LogP contribution in [0.25, 0.3) is 0 Å². The molecule has 2 amide bonds. The molecule has 37 heavy (non-hydrogen) atoms. The maximum Gasteiger partial charge on any atom is 0.417 e. The van der Waals surface area contributed by atoms with E-state index in [4.69, 9.17) is 21.1 Å². The van der Waals surface area contributed by atoms with Gasteiger partial charge in [0.05, 0.1) is 12.2 Å². The molecule has 0 radical (unpaired) electrons. The third-order valence-electron chi connectivity index (χ3n) is 5.08. The number of anilines is 2. The van der Waals surface area contributed by atoms with Gasteiger partial charge in [-0.2, -0.15) is 5.10 Å². The SMILES string of the molecule is CNCC(=O)OCc1cccnc1N(C)C(=O)OC(C)n1nc(C(=O)Nc2ccc(C)cc2F)cc1Cl. The number of benzene rings is 1. The second-order valence-electron chi connectivity index (χ2n) is 7.95. The van der Waals surface area contributed by atoms with E-state index in [1.54, 1.807) is 32.2 Å². The third-order valence-corrected chi connectivity index (χ3v) is 5.36. The number of ether oxygens (including phenoxy) is 2. The molecule has 3 aromatic rings. The molecule has 13 heteroatoms. The monoisotopic (exact) mass is 532 g/mol. The van der Waals surface area contributed by atoms with Crippen LogP contribution in [0.3, 0.4) is 0 Å². The lowest BCUT2D eigenvalue weighted by molar-refractivity contribution is -0.143. The summed E-state index contributed by atoms with van der Waals surface area (Å²) in [4.78, 5) is 42.4. The second kappa shape index (κ2) is 12.3. The van der Waals surface area contributed by atoms with E-state index >= 15 is 0 Å². The molecule has 2 aromatic heterocycles. The summed E-state index contributed by atoms with van der Waals surface area (Å²) in [5.74, 6) is -1.52. The van der Waals surface area contributed by atoms with E-state index in [0.29, 0.717) is 11.1 Å². The number of carbonyl (C=O) groups excluding carboxylic acids is 3. The van der Waals surface area contributed by atoms with Crippen LogP contribution in [0.5, 0.6) is 0 Å². The summed E-state index contributed by atoms with van der Waals surface area (Å²) in [6, 6.07) is 8.96. The van der Waals surface area contributed by atoms with E-state index in [1.807, 2.05) is 0 Å². The lowest BCUT2D eigenvalue weighted by Crippen LogP contribution is -2.31. The molecule has 3 rings (SSSR count). The van der Waals surface area contributed by atoms with Gasteiger partial charge in [0.2, 0.25) is 0 Å². The summed E-state index contributed by atoms with van der Waals surface area (Å²) in [7, 11) is 3.06. The number of nitrogens with one attached hydrogen (secondary N) is 2. The largest absolute Gasteiger partial charge is 0.460 e. The number of rotatable bonds is 9. The molecule has 0 aliphatic carbocycles. The minimum atomic E-state index is -1.01. The molecule has 0 spiro atoms. The molecule has 1 unspecified atom stereocenters. The molecule has 0 aliphatic rings. The number of hydrogen-bond acceptors (Lipinski definition) is 8. The van der Waals surface area contributed by atoms with Gasteiger partial charge in [-0.05, 0) is 44.7 Å². The molecule has 0 fully saturated rings. The highest BCUT2D eigenvalue weighted by atomic mass is 35.5. The number of aryl methyl sites for hydroxylation is 1. The zero-order valence-corrected chi connectivity index (χ0v) is 21.4. The highest BCUT2D eigenvalue weighted by molar-refractivity contribution is 6.30. The van der Waals surface area contributed by atoms with Crippen LogP contribution in [0.2, 0.25) is 5.15 Å². The molecule has 2 N–H and O–H groups in total. The molecule has 0 saturated heterocycles. The van der Waals surface area contributed by atoms with Crippen molar-refractivity contribution in [2.75, 3.05) is 30.9 Å². The summed E-state index contributed by atoms with van der Waals surface area (Å²) in [5.41, 5.74) is 1.08. The summed E-state index contributed by atoms with van der Waals surface area (Å²) in [6.45, 7) is 3.17. The zero-order chi connectivity index (χ0) is 27.1. The van der Waals surface area contributed by atoms with Gasteiger partial charge in [0.25, 0.3) is 5.91 Å². The zero-order valence-electron chi connectivity index (χ0n) is 20.6. The summed E-state index contributed by atoms with van der Waals surface area (Å²) in [6.07, 6.45) is -0.331. The molecule has 196 valence electrons. The van der Waals surface area contributed by atoms with Gasteiger partial charge >= 0.3 is 12.1 Å². The molecular formula is C24H26ClFN6O5. The van der Waals surface area contributed by atoms with Gasteiger partial charge in [-0.25, -0.2) is 18.9 Å². The van der Waals surface area contributed by atoms with Gasteiger partial charge in [-0.15, -0.1) is 0 Å². The Balaban J connectivity index is 1.68. The minimum Gasteiger partial charge on any atom is -0.460 e. The predicted octanol–water partition coefficient (Wildman–Crippen LogP) is 3.69. The van der Waals surface area contributed by atoms with E-state index < -0.39 is 30.0 Å². The second-order valence-corrected chi connectivity index (χ2v) is 8.34. The van der Waals surface area contributed by atoms with Crippen LogP contribution < -0.4 is 15.5 Å². The van der Waals surface area contributed by atoms with Crippen molar-refractivity contribution in [2.24, 2.45) is 0 Å². The van der Waals surface area contributed by atoms with E-state index in [0.717, 1.165) is 9.58 Å². The normalized spacial score (nSPS) is 11.5. The highest BCUT2D eigenvalue weighted by Gasteiger charge is 2.24. The fraction of sp³-hybridized carbons (Fsp3) is 0.292.